The van der Waals surface area contributed by atoms with Gasteiger partial charge in [0.05, 0.1) is 0 Å². The van der Waals surface area contributed by atoms with E-state index in [1.807, 2.05) is 6.92 Å². The zero-order valence-electron chi connectivity index (χ0n) is 11.5. The summed E-state index contributed by atoms with van der Waals surface area (Å²) in [6, 6.07) is 5.75. The number of hydrogen-bond acceptors (Lipinski definition) is 4. The van der Waals surface area contributed by atoms with Gasteiger partial charge in [-0.25, -0.2) is 0 Å². The summed E-state index contributed by atoms with van der Waals surface area (Å²) >= 11 is 5.94. The molecule has 1 aromatic carbocycles. The summed E-state index contributed by atoms with van der Waals surface area (Å²) in [4.78, 5) is 22.5. The quantitative estimate of drug-likeness (QED) is 0.571. The number of amides is 1. The fraction of sp³-hybridized carbons (Fsp3) is 0.214. The van der Waals surface area contributed by atoms with Gasteiger partial charge in [0, 0.05) is 16.9 Å². The SMILES string of the molecule is Cc1ccc(NC(=O)/C(C#N)=C\NC(C)C(=O)O)cc1Cl. The Morgan fingerprint density at radius 3 is 2.67 bits per heavy atom. The molecule has 0 aliphatic heterocycles. The predicted molar refractivity (Wildman–Crippen MR) is 78.7 cm³/mol. The largest absolute Gasteiger partial charge is 0.480 e. The van der Waals surface area contributed by atoms with E-state index in [1.54, 1.807) is 24.3 Å². The van der Waals surface area contributed by atoms with Crippen molar-refractivity contribution >= 4 is 29.2 Å². The molecule has 21 heavy (non-hydrogen) atoms. The van der Waals surface area contributed by atoms with Crippen LogP contribution >= 0.6 is 11.6 Å². The van der Waals surface area contributed by atoms with Gasteiger partial charge in [-0.3, -0.25) is 9.59 Å². The fourth-order valence-corrected chi connectivity index (χ4v) is 1.48. The lowest BCUT2D eigenvalue weighted by Gasteiger charge is -2.08. The molecule has 0 radical (unpaired) electrons. The highest BCUT2D eigenvalue weighted by molar-refractivity contribution is 6.31. The Balaban J connectivity index is 2.80. The van der Waals surface area contributed by atoms with Crippen LogP contribution in [0.5, 0.6) is 0 Å². The highest BCUT2D eigenvalue weighted by atomic mass is 35.5. The van der Waals surface area contributed by atoms with Gasteiger partial charge >= 0.3 is 5.97 Å². The molecule has 0 bridgehead atoms. The van der Waals surface area contributed by atoms with Crippen molar-refractivity contribution in [2.24, 2.45) is 0 Å². The molecule has 7 heteroatoms. The first-order valence-corrected chi connectivity index (χ1v) is 6.39. The normalized spacial score (nSPS) is 12.2. The van der Waals surface area contributed by atoms with Crippen molar-refractivity contribution < 1.29 is 14.7 Å². The Morgan fingerprint density at radius 2 is 2.14 bits per heavy atom. The highest BCUT2D eigenvalue weighted by Gasteiger charge is 2.12. The van der Waals surface area contributed by atoms with Gasteiger partial charge in [0.15, 0.2) is 0 Å². The van der Waals surface area contributed by atoms with Gasteiger partial charge in [-0.05, 0) is 31.5 Å². The van der Waals surface area contributed by atoms with Gasteiger partial charge < -0.3 is 15.7 Å². The van der Waals surface area contributed by atoms with Gasteiger partial charge in [0.25, 0.3) is 5.91 Å². The molecule has 0 aromatic heterocycles. The molecule has 1 amide bonds. The van der Waals surface area contributed by atoms with Crippen LogP contribution in [0.2, 0.25) is 5.02 Å². The van der Waals surface area contributed by atoms with Crippen LogP contribution in [0.25, 0.3) is 0 Å². The number of carboxylic acid groups (broad SMARTS) is 1. The smallest absolute Gasteiger partial charge is 0.325 e. The Morgan fingerprint density at radius 1 is 1.48 bits per heavy atom. The lowest BCUT2D eigenvalue weighted by molar-refractivity contribution is -0.138. The number of rotatable bonds is 5. The van der Waals surface area contributed by atoms with E-state index in [4.69, 9.17) is 22.0 Å². The number of nitriles is 1. The number of aryl methyl sites for hydroxylation is 1. The Labute approximate surface area is 127 Å². The summed E-state index contributed by atoms with van der Waals surface area (Å²) in [6.45, 7) is 3.22. The van der Waals surface area contributed by atoms with Crippen molar-refractivity contribution in [3.63, 3.8) is 0 Å². The molecule has 3 N–H and O–H groups in total. The molecule has 0 saturated carbocycles. The predicted octanol–water partition coefficient (Wildman–Crippen LogP) is 2.06. The molecular weight excluding hydrogens is 294 g/mol. The molecule has 1 rings (SSSR count). The maximum absolute atomic E-state index is 11.9. The summed E-state index contributed by atoms with van der Waals surface area (Å²) in [5, 5.41) is 23.1. The minimum absolute atomic E-state index is 0.236. The van der Waals surface area contributed by atoms with Crippen molar-refractivity contribution in [2.75, 3.05) is 5.32 Å². The molecule has 1 aromatic rings. The molecule has 0 spiro atoms. The highest BCUT2D eigenvalue weighted by Crippen LogP contribution is 2.20. The van der Waals surface area contributed by atoms with E-state index in [0.29, 0.717) is 10.7 Å². The zero-order valence-corrected chi connectivity index (χ0v) is 12.2. The maximum atomic E-state index is 11.9. The van der Waals surface area contributed by atoms with Crippen LogP contribution in [-0.2, 0) is 9.59 Å². The summed E-state index contributed by atoms with van der Waals surface area (Å²) in [7, 11) is 0. The topological polar surface area (TPSA) is 102 Å². The maximum Gasteiger partial charge on any atom is 0.325 e. The number of carboxylic acids is 1. The summed E-state index contributed by atoms with van der Waals surface area (Å²) in [6.07, 6.45) is 1.07. The van der Waals surface area contributed by atoms with Crippen LogP contribution in [0.15, 0.2) is 30.0 Å². The third-order valence-corrected chi connectivity index (χ3v) is 3.05. The van der Waals surface area contributed by atoms with E-state index in [1.165, 1.54) is 6.92 Å². The molecule has 0 heterocycles. The van der Waals surface area contributed by atoms with Gasteiger partial charge in [-0.2, -0.15) is 5.26 Å². The Hall–Kier alpha value is -2.52. The lowest BCUT2D eigenvalue weighted by atomic mass is 10.2. The number of anilines is 1. The van der Waals surface area contributed by atoms with Crippen molar-refractivity contribution in [1.82, 2.24) is 5.32 Å². The molecule has 6 nitrogen and oxygen atoms in total. The molecule has 0 saturated heterocycles. The number of carbonyl (C=O) groups is 2. The van der Waals surface area contributed by atoms with Crippen molar-refractivity contribution in [1.29, 1.82) is 5.26 Å². The number of hydrogen-bond donors (Lipinski definition) is 3. The zero-order chi connectivity index (χ0) is 16.0. The number of benzene rings is 1. The van der Waals surface area contributed by atoms with Gasteiger partial charge in [-0.15, -0.1) is 0 Å². The lowest BCUT2D eigenvalue weighted by Crippen LogP contribution is -2.30. The van der Waals surface area contributed by atoms with Crippen LogP contribution in [0, 0.1) is 18.3 Å². The van der Waals surface area contributed by atoms with Crippen LogP contribution in [-0.4, -0.2) is 23.0 Å². The molecule has 0 fully saturated rings. The number of aliphatic carboxylic acids is 1. The summed E-state index contributed by atoms with van der Waals surface area (Å²) < 4.78 is 0. The van der Waals surface area contributed by atoms with Crippen LogP contribution < -0.4 is 10.6 Å². The summed E-state index contributed by atoms with van der Waals surface area (Å²) in [5.41, 5.74) is 1.07. The van der Waals surface area contributed by atoms with Crippen LogP contribution in [0.3, 0.4) is 0 Å². The molecule has 1 unspecified atom stereocenters. The van der Waals surface area contributed by atoms with E-state index in [2.05, 4.69) is 10.6 Å². The van der Waals surface area contributed by atoms with E-state index < -0.39 is 17.9 Å². The average molecular weight is 308 g/mol. The van der Waals surface area contributed by atoms with E-state index in [9.17, 15) is 9.59 Å². The average Bonchev–Trinajstić information content (AvgIpc) is 2.43. The van der Waals surface area contributed by atoms with E-state index in [-0.39, 0.29) is 5.57 Å². The first kappa shape index (κ1) is 16.5. The Bertz CT molecular complexity index is 635. The van der Waals surface area contributed by atoms with E-state index >= 15 is 0 Å². The molecule has 110 valence electrons. The third-order valence-electron chi connectivity index (χ3n) is 2.64. The second-order valence-electron chi connectivity index (χ2n) is 4.31. The molecular formula is C14H14ClN3O3. The Kier molecular flexibility index (Phi) is 5.76. The van der Waals surface area contributed by atoms with E-state index in [0.717, 1.165) is 11.8 Å². The fourth-order valence-electron chi connectivity index (χ4n) is 1.30. The third kappa shape index (κ3) is 4.82. The monoisotopic (exact) mass is 307 g/mol. The molecule has 1 atom stereocenters. The van der Waals surface area contributed by atoms with Gasteiger partial charge in [-0.1, -0.05) is 17.7 Å². The summed E-state index contributed by atoms with van der Waals surface area (Å²) in [5.74, 6) is -1.74. The number of nitrogens with one attached hydrogen (secondary N) is 2. The number of carbonyl (C=O) groups excluding carboxylic acids is 1. The first-order valence-electron chi connectivity index (χ1n) is 6.01. The molecule has 0 aliphatic rings. The number of nitrogens with zero attached hydrogens (tertiary/aromatic N) is 1. The van der Waals surface area contributed by atoms with Crippen molar-refractivity contribution in [2.45, 2.75) is 19.9 Å². The standard InChI is InChI=1S/C14H14ClN3O3/c1-8-3-4-11(5-12(8)15)18-13(19)10(6-16)7-17-9(2)14(20)21/h3-5,7,9,17H,1-2H3,(H,18,19)(H,20,21)/b10-7-. The first-order chi connectivity index (χ1) is 9.85. The van der Waals surface area contributed by atoms with Crippen LogP contribution in [0.1, 0.15) is 12.5 Å². The van der Waals surface area contributed by atoms with Gasteiger partial charge in [0.2, 0.25) is 0 Å². The van der Waals surface area contributed by atoms with Gasteiger partial charge in [0.1, 0.15) is 17.7 Å². The number of halogens is 1. The van der Waals surface area contributed by atoms with Crippen LogP contribution in [0.4, 0.5) is 5.69 Å². The second-order valence-corrected chi connectivity index (χ2v) is 4.72. The second kappa shape index (κ2) is 7.31. The molecule has 0 aliphatic carbocycles. The minimum Gasteiger partial charge on any atom is -0.480 e. The van der Waals surface area contributed by atoms with Crippen molar-refractivity contribution in [3.05, 3.63) is 40.6 Å². The minimum atomic E-state index is -1.09. The van der Waals surface area contributed by atoms with Crippen molar-refractivity contribution in [3.8, 4) is 6.07 Å².